The number of hydrogen-bond donors (Lipinski definition) is 2. The van der Waals surface area contributed by atoms with Crippen LogP contribution in [-0.4, -0.2) is 60.9 Å². The lowest BCUT2D eigenvalue weighted by Gasteiger charge is -2.27. The number of rotatable bonds is 12. The van der Waals surface area contributed by atoms with Gasteiger partial charge in [-0.2, -0.15) is 13.0 Å². The van der Waals surface area contributed by atoms with E-state index in [0.717, 1.165) is 46.8 Å². The average Bonchev–Trinajstić information content (AvgIpc) is 3.28. The Labute approximate surface area is 271 Å². The number of carboxylic acids is 1. The molecule has 2 N–H and O–H groups in total. The highest BCUT2D eigenvalue weighted by Crippen LogP contribution is 2.48. The number of aliphatic carboxylic acids is 1. The number of anilines is 1. The summed E-state index contributed by atoms with van der Waals surface area (Å²) in [5.74, 6) is -0.825. The molecule has 0 saturated carbocycles. The number of fused-ring (bicyclic) bond motifs is 2. The maximum Gasteiger partial charge on any atom is 0.303 e. The minimum absolute atomic E-state index is 0.110. The molecule has 2 aromatic carbocycles. The summed E-state index contributed by atoms with van der Waals surface area (Å²) in [6.45, 7) is 8.56. The van der Waals surface area contributed by atoms with Crippen molar-refractivity contribution < 1.29 is 40.4 Å². The van der Waals surface area contributed by atoms with Gasteiger partial charge in [0.25, 0.3) is 10.1 Å². The lowest BCUT2D eigenvalue weighted by atomic mass is 9.81. The third-order valence-electron chi connectivity index (χ3n) is 8.68. The Morgan fingerprint density at radius 3 is 2.15 bits per heavy atom. The van der Waals surface area contributed by atoms with E-state index in [0.29, 0.717) is 13.0 Å². The van der Waals surface area contributed by atoms with Crippen molar-refractivity contribution in [3.8, 4) is 0 Å². The summed E-state index contributed by atoms with van der Waals surface area (Å²) in [4.78, 5) is 12.6. The molecule has 46 heavy (non-hydrogen) atoms. The van der Waals surface area contributed by atoms with Crippen LogP contribution in [0.5, 0.6) is 0 Å². The minimum Gasteiger partial charge on any atom is -0.744 e. The van der Waals surface area contributed by atoms with Crippen LogP contribution in [0.15, 0.2) is 94.4 Å². The van der Waals surface area contributed by atoms with Gasteiger partial charge in [0.1, 0.15) is 17.2 Å². The number of benzene rings is 2. The predicted octanol–water partition coefficient (Wildman–Crippen LogP) is 5.84. The molecule has 2 aromatic rings. The fourth-order valence-electron chi connectivity index (χ4n) is 6.24. The normalized spacial score (nSPS) is 18.4. The van der Waals surface area contributed by atoms with Crippen molar-refractivity contribution in [1.82, 2.24) is 0 Å². The van der Waals surface area contributed by atoms with Crippen LogP contribution >= 0.6 is 0 Å². The number of hydrogen-bond acceptors (Lipinski definition) is 7. The van der Waals surface area contributed by atoms with Crippen LogP contribution in [0.3, 0.4) is 0 Å². The van der Waals surface area contributed by atoms with Crippen LogP contribution < -0.4 is 4.90 Å². The van der Waals surface area contributed by atoms with Crippen molar-refractivity contribution in [3.05, 3.63) is 95.8 Å². The molecule has 0 spiro atoms. The van der Waals surface area contributed by atoms with E-state index in [1.165, 1.54) is 24.3 Å². The molecule has 0 unspecified atom stereocenters. The minimum atomic E-state index is -4.57. The van der Waals surface area contributed by atoms with Gasteiger partial charge < -0.3 is 14.6 Å². The van der Waals surface area contributed by atoms with Gasteiger partial charge in [-0.15, -0.1) is 0 Å². The molecule has 10 nitrogen and oxygen atoms in total. The molecular weight excluding hydrogens is 629 g/mol. The molecule has 2 aliphatic heterocycles. The van der Waals surface area contributed by atoms with Gasteiger partial charge in [0.15, 0.2) is 5.71 Å². The summed E-state index contributed by atoms with van der Waals surface area (Å²) in [5, 5.41) is 8.95. The van der Waals surface area contributed by atoms with Crippen LogP contribution in [-0.2, 0) is 35.9 Å². The molecule has 12 heteroatoms. The zero-order valence-corrected chi connectivity index (χ0v) is 28.2. The van der Waals surface area contributed by atoms with E-state index in [2.05, 4.69) is 4.90 Å². The van der Waals surface area contributed by atoms with Crippen molar-refractivity contribution >= 4 is 43.3 Å². The molecule has 0 aliphatic carbocycles. The largest absolute Gasteiger partial charge is 0.744 e. The Morgan fingerprint density at radius 1 is 0.870 bits per heavy atom. The second-order valence-corrected chi connectivity index (χ2v) is 15.3. The van der Waals surface area contributed by atoms with Crippen molar-refractivity contribution in [2.24, 2.45) is 0 Å². The predicted molar refractivity (Wildman–Crippen MR) is 177 cm³/mol. The van der Waals surface area contributed by atoms with Gasteiger partial charge in [-0.05, 0) is 68.7 Å². The zero-order chi connectivity index (χ0) is 34.1. The van der Waals surface area contributed by atoms with Crippen LogP contribution in [0.2, 0.25) is 0 Å². The van der Waals surface area contributed by atoms with Gasteiger partial charge in [-0.25, -0.2) is 8.42 Å². The SMILES string of the molecule is C[N+]1=C(/C=C/C=C/C=C/C=C2\N(CCCCCC(=O)O)c3ccc(S(=O)(=O)O)cc3C2(C)C)C(C)(C)c2cc(S(=O)(=O)[O-])ccc21. The highest BCUT2D eigenvalue weighted by Gasteiger charge is 2.43. The summed E-state index contributed by atoms with van der Waals surface area (Å²) >= 11 is 0. The van der Waals surface area contributed by atoms with Gasteiger partial charge in [-0.1, -0.05) is 50.6 Å². The van der Waals surface area contributed by atoms with Gasteiger partial charge in [0, 0.05) is 47.5 Å². The Morgan fingerprint density at radius 2 is 1.50 bits per heavy atom. The fraction of sp³-hybridized carbons (Fsp3) is 0.353. The van der Waals surface area contributed by atoms with E-state index >= 15 is 0 Å². The summed E-state index contributed by atoms with van der Waals surface area (Å²) in [7, 11) is -7.05. The summed E-state index contributed by atoms with van der Waals surface area (Å²) in [6, 6.07) is 9.03. The summed E-state index contributed by atoms with van der Waals surface area (Å²) < 4.78 is 70.1. The Balaban J connectivity index is 1.53. The van der Waals surface area contributed by atoms with Crippen LogP contribution in [0.1, 0.15) is 64.5 Å². The van der Waals surface area contributed by atoms with Crippen molar-refractivity contribution in [3.63, 3.8) is 0 Å². The Kier molecular flexibility index (Phi) is 9.98. The zero-order valence-electron chi connectivity index (χ0n) is 26.6. The van der Waals surface area contributed by atoms with Crippen LogP contribution in [0.4, 0.5) is 11.4 Å². The van der Waals surface area contributed by atoms with Gasteiger partial charge in [0.2, 0.25) is 5.69 Å². The molecule has 0 amide bonds. The van der Waals surface area contributed by atoms with Crippen molar-refractivity contribution in [1.29, 1.82) is 0 Å². The third-order valence-corrected chi connectivity index (χ3v) is 10.4. The quantitative estimate of drug-likeness (QED) is 0.123. The molecule has 0 bridgehead atoms. The molecular formula is C34H40N2O8S2. The Bertz CT molecular complexity index is 1910. The highest BCUT2D eigenvalue weighted by molar-refractivity contribution is 7.86. The van der Waals surface area contributed by atoms with Gasteiger partial charge >= 0.3 is 5.97 Å². The van der Waals surface area contributed by atoms with E-state index < -0.39 is 37.0 Å². The maximum absolute atomic E-state index is 11.9. The first kappa shape index (κ1) is 35.0. The second-order valence-electron chi connectivity index (χ2n) is 12.5. The standard InChI is InChI=1S/C34H40N2O8S2/c1-33(2)26-22-24(45(39,40)41)17-19-28(26)35(5)30(33)14-10-7-6-8-11-15-31-34(3,4)27-23-25(46(42,43)44)18-20-29(27)36(31)21-13-9-12-16-32(37)38/h6-8,10-11,14-15,17-20,22-23H,9,12-13,16,21H2,1-5H3,(H2-,37,38,39,40,41,42,43,44). The second kappa shape index (κ2) is 13.1. The summed E-state index contributed by atoms with van der Waals surface area (Å²) in [6.07, 6.45) is 15.5. The summed E-state index contributed by atoms with van der Waals surface area (Å²) in [5.41, 5.74) is 4.00. The number of nitrogens with zero attached hydrogens (tertiary/aromatic N) is 2. The third kappa shape index (κ3) is 7.25. The van der Waals surface area contributed by atoms with E-state index in [9.17, 15) is 30.7 Å². The molecule has 4 rings (SSSR count). The number of carbonyl (C=O) groups is 1. The number of carboxylic acid groups (broad SMARTS) is 1. The van der Waals surface area contributed by atoms with E-state index in [-0.39, 0.29) is 16.2 Å². The lowest BCUT2D eigenvalue weighted by molar-refractivity contribution is -0.401. The molecule has 2 aliphatic rings. The first-order chi connectivity index (χ1) is 21.4. The first-order valence-electron chi connectivity index (χ1n) is 14.9. The number of unbranched alkanes of at least 4 members (excludes halogenated alkanes) is 2. The molecule has 2 heterocycles. The monoisotopic (exact) mass is 668 g/mol. The van der Waals surface area contributed by atoms with Gasteiger partial charge in [0.05, 0.1) is 15.2 Å². The molecule has 0 fully saturated rings. The smallest absolute Gasteiger partial charge is 0.303 e. The van der Waals surface area contributed by atoms with Crippen molar-refractivity contribution in [2.75, 3.05) is 18.5 Å². The fourth-order valence-corrected chi connectivity index (χ4v) is 7.24. The van der Waals surface area contributed by atoms with E-state index in [4.69, 9.17) is 5.11 Å². The maximum atomic E-state index is 11.9. The topological polar surface area (TPSA) is 155 Å². The first-order valence-corrected chi connectivity index (χ1v) is 17.8. The van der Waals surface area contributed by atoms with Crippen molar-refractivity contribution in [2.45, 2.75) is 74.0 Å². The lowest BCUT2D eigenvalue weighted by Crippen LogP contribution is -2.27. The molecule has 0 saturated heterocycles. The van der Waals surface area contributed by atoms with Crippen LogP contribution in [0, 0.1) is 0 Å². The Hall–Kier alpha value is -3.84. The highest BCUT2D eigenvalue weighted by atomic mass is 32.2. The van der Waals surface area contributed by atoms with E-state index in [1.807, 2.05) is 81.9 Å². The van der Waals surface area contributed by atoms with Crippen LogP contribution in [0.25, 0.3) is 0 Å². The molecule has 0 aromatic heterocycles. The van der Waals surface area contributed by atoms with Gasteiger partial charge in [-0.3, -0.25) is 9.35 Å². The molecule has 0 radical (unpaired) electrons. The average molecular weight is 669 g/mol. The number of allylic oxidation sites excluding steroid dienone is 8. The molecule has 246 valence electrons. The van der Waals surface area contributed by atoms with E-state index in [1.54, 1.807) is 12.1 Å². The molecule has 0 atom stereocenters.